The van der Waals surface area contributed by atoms with Crippen molar-refractivity contribution in [3.8, 4) is 6.01 Å². The molecule has 0 fully saturated rings. The van der Waals surface area contributed by atoms with Gasteiger partial charge in [-0.15, -0.1) is 0 Å². The number of hydrogen-bond donors (Lipinski definition) is 1. The third-order valence-corrected chi connectivity index (χ3v) is 4.35. The summed E-state index contributed by atoms with van der Waals surface area (Å²) in [6.45, 7) is 3.16. The maximum absolute atomic E-state index is 10.8. The van der Waals surface area contributed by atoms with Crippen LogP contribution in [0.4, 0.5) is 5.82 Å². The number of fused-ring (bicyclic) bond motifs is 1. The quantitative estimate of drug-likeness (QED) is 0.369. The number of carbonyl (C=O) groups excluding carboxylic acids is 1. The Morgan fingerprint density at radius 1 is 1.24 bits per heavy atom. The minimum Gasteiger partial charge on any atom is -0.463 e. The Morgan fingerprint density at radius 2 is 2.00 bits per heavy atom. The molecule has 3 rings (SSSR count). The molecule has 0 saturated heterocycles. The number of unbranched alkanes of at least 4 members (excludes halogenated alkanes) is 1. The molecule has 0 aliphatic carbocycles. The molecule has 2 N–H and O–H groups in total. The number of aromatic nitrogens is 4. The highest BCUT2D eigenvalue weighted by molar-refractivity contribution is 9.10. The minimum atomic E-state index is 0.253. The highest BCUT2D eigenvalue weighted by Gasteiger charge is 2.16. The third kappa shape index (κ3) is 3.79. The number of anilines is 1. The van der Waals surface area contributed by atoms with Gasteiger partial charge in [-0.3, -0.25) is 9.36 Å². The Kier molecular flexibility index (Phi) is 5.28. The van der Waals surface area contributed by atoms with Gasteiger partial charge >= 0.3 is 6.01 Å². The molecule has 0 bridgehead atoms. The summed E-state index contributed by atoms with van der Waals surface area (Å²) in [5.74, 6) is 0.284. The standard InChI is InChI=1S/C17H18BrN5O2/c1-2-3-8-25-17-21-14(19)13-15(22-17)23(16(18)20-13)9-11-4-6-12(10-24)7-5-11/h4-7,10H,2-3,8-9H2,1H3,(H2,19,21,22). The smallest absolute Gasteiger partial charge is 0.320 e. The number of benzene rings is 1. The molecule has 8 heteroatoms. The van der Waals surface area contributed by atoms with Crippen molar-refractivity contribution in [1.29, 1.82) is 0 Å². The Morgan fingerprint density at radius 3 is 2.68 bits per heavy atom. The van der Waals surface area contributed by atoms with Crippen molar-refractivity contribution in [2.24, 2.45) is 0 Å². The lowest BCUT2D eigenvalue weighted by Crippen LogP contribution is -2.06. The average molecular weight is 404 g/mol. The second-order valence-corrected chi connectivity index (χ2v) is 6.30. The maximum Gasteiger partial charge on any atom is 0.320 e. The van der Waals surface area contributed by atoms with Crippen molar-refractivity contribution in [2.45, 2.75) is 26.3 Å². The monoisotopic (exact) mass is 403 g/mol. The first-order chi connectivity index (χ1) is 12.1. The number of ether oxygens (including phenoxy) is 1. The maximum atomic E-state index is 10.8. The molecule has 7 nitrogen and oxygen atoms in total. The van der Waals surface area contributed by atoms with Crippen molar-refractivity contribution in [3.05, 3.63) is 40.1 Å². The molecule has 0 atom stereocenters. The van der Waals surface area contributed by atoms with Gasteiger partial charge in [0.15, 0.2) is 21.7 Å². The second-order valence-electron chi connectivity index (χ2n) is 5.59. The van der Waals surface area contributed by atoms with Crippen LogP contribution >= 0.6 is 15.9 Å². The number of aldehydes is 1. The second kappa shape index (κ2) is 7.60. The number of carbonyl (C=O) groups is 1. The molecule has 0 aliphatic rings. The van der Waals surface area contributed by atoms with Gasteiger partial charge in [-0.2, -0.15) is 9.97 Å². The molecule has 0 aliphatic heterocycles. The van der Waals surface area contributed by atoms with Gasteiger partial charge in [0.25, 0.3) is 0 Å². The van der Waals surface area contributed by atoms with Crippen LogP contribution in [0.15, 0.2) is 29.0 Å². The fourth-order valence-corrected chi connectivity index (χ4v) is 2.84. The summed E-state index contributed by atoms with van der Waals surface area (Å²) in [4.78, 5) is 23.8. The van der Waals surface area contributed by atoms with Gasteiger partial charge in [0.1, 0.15) is 6.29 Å². The molecule has 0 spiro atoms. The summed E-state index contributed by atoms with van der Waals surface area (Å²) in [5.41, 5.74) is 8.78. The Balaban J connectivity index is 1.95. The molecule has 0 amide bonds. The van der Waals surface area contributed by atoms with Crippen LogP contribution in [0.1, 0.15) is 35.7 Å². The van der Waals surface area contributed by atoms with E-state index < -0.39 is 0 Å². The highest BCUT2D eigenvalue weighted by Crippen LogP contribution is 2.25. The van der Waals surface area contributed by atoms with E-state index in [1.165, 1.54) is 0 Å². The number of hydrogen-bond acceptors (Lipinski definition) is 6. The van der Waals surface area contributed by atoms with Crippen molar-refractivity contribution < 1.29 is 9.53 Å². The summed E-state index contributed by atoms with van der Waals surface area (Å²) >= 11 is 3.45. The number of rotatable bonds is 7. The number of nitrogens with zero attached hydrogens (tertiary/aromatic N) is 4. The largest absolute Gasteiger partial charge is 0.463 e. The van der Waals surface area contributed by atoms with E-state index in [1.807, 2.05) is 16.7 Å². The van der Waals surface area contributed by atoms with E-state index >= 15 is 0 Å². The van der Waals surface area contributed by atoms with Crippen molar-refractivity contribution in [2.75, 3.05) is 12.3 Å². The lowest BCUT2D eigenvalue weighted by Gasteiger charge is -2.08. The number of nitrogen functional groups attached to an aromatic ring is 1. The molecule has 1 aromatic carbocycles. The molecular weight excluding hydrogens is 386 g/mol. The van der Waals surface area contributed by atoms with E-state index in [1.54, 1.807) is 12.1 Å². The van der Waals surface area contributed by atoms with E-state index in [0.29, 0.717) is 34.6 Å². The van der Waals surface area contributed by atoms with Crippen molar-refractivity contribution in [1.82, 2.24) is 19.5 Å². The first kappa shape index (κ1) is 17.3. The van der Waals surface area contributed by atoms with Crippen LogP contribution in [-0.4, -0.2) is 32.4 Å². The van der Waals surface area contributed by atoms with Gasteiger partial charge < -0.3 is 10.5 Å². The number of imidazole rings is 1. The van der Waals surface area contributed by atoms with Crippen LogP contribution in [-0.2, 0) is 6.54 Å². The summed E-state index contributed by atoms with van der Waals surface area (Å²) in [6, 6.07) is 7.59. The summed E-state index contributed by atoms with van der Waals surface area (Å²) in [7, 11) is 0. The molecule has 2 aromatic heterocycles. The van der Waals surface area contributed by atoms with Crippen LogP contribution in [0.3, 0.4) is 0 Å². The SMILES string of the molecule is CCCCOc1nc(N)c2nc(Br)n(Cc3ccc(C=O)cc3)c2n1. The zero-order valence-electron chi connectivity index (χ0n) is 13.8. The van der Waals surface area contributed by atoms with Crippen molar-refractivity contribution in [3.63, 3.8) is 0 Å². The zero-order chi connectivity index (χ0) is 17.8. The molecule has 3 aromatic rings. The van der Waals surface area contributed by atoms with Crippen LogP contribution in [0, 0.1) is 0 Å². The molecule has 0 radical (unpaired) electrons. The number of nitrogens with two attached hydrogens (primary N) is 1. The molecule has 130 valence electrons. The Bertz CT molecular complexity index is 892. The van der Waals surface area contributed by atoms with Gasteiger partial charge in [-0.05, 0) is 27.9 Å². The fourth-order valence-electron chi connectivity index (χ4n) is 2.37. The lowest BCUT2D eigenvalue weighted by atomic mass is 10.1. The van der Waals surface area contributed by atoms with Gasteiger partial charge in [0, 0.05) is 5.56 Å². The Labute approximate surface area is 153 Å². The van der Waals surface area contributed by atoms with Gasteiger partial charge in [0.05, 0.1) is 13.2 Å². The highest BCUT2D eigenvalue weighted by atomic mass is 79.9. The normalized spacial score (nSPS) is 11.0. The van der Waals surface area contributed by atoms with Gasteiger partial charge in [0.2, 0.25) is 0 Å². The Hall–Kier alpha value is -2.48. The number of halogens is 1. The van der Waals surface area contributed by atoms with Crippen LogP contribution in [0.2, 0.25) is 0 Å². The van der Waals surface area contributed by atoms with Gasteiger partial charge in [-0.25, -0.2) is 4.98 Å². The minimum absolute atomic E-state index is 0.253. The fraction of sp³-hybridized carbons (Fsp3) is 0.294. The average Bonchev–Trinajstić information content (AvgIpc) is 2.93. The topological polar surface area (TPSA) is 95.9 Å². The van der Waals surface area contributed by atoms with Crippen LogP contribution in [0.25, 0.3) is 11.2 Å². The summed E-state index contributed by atoms with van der Waals surface area (Å²) < 4.78 is 8.07. The first-order valence-electron chi connectivity index (χ1n) is 7.98. The predicted molar refractivity (Wildman–Crippen MR) is 98.8 cm³/mol. The first-order valence-corrected chi connectivity index (χ1v) is 8.77. The zero-order valence-corrected chi connectivity index (χ0v) is 15.4. The molecule has 0 unspecified atom stereocenters. The molecule has 0 saturated carbocycles. The third-order valence-electron chi connectivity index (χ3n) is 3.74. The van der Waals surface area contributed by atoms with Crippen LogP contribution < -0.4 is 10.5 Å². The van der Waals surface area contributed by atoms with Crippen molar-refractivity contribution >= 4 is 39.2 Å². The summed E-state index contributed by atoms with van der Waals surface area (Å²) in [6.07, 6.45) is 2.77. The lowest BCUT2D eigenvalue weighted by molar-refractivity contribution is 0.112. The summed E-state index contributed by atoms with van der Waals surface area (Å²) in [5, 5.41) is 0. The predicted octanol–water partition coefficient (Wildman–Crippen LogP) is 3.21. The molecule has 25 heavy (non-hydrogen) atoms. The molecule has 2 heterocycles. The van der Waals surface area contributed by atoms with E-state index in [-0.39, 0.29) is 11.8 Å². The van der Waals surface area contributed by atoms with E-state index in [0.717, 1.165) is 24.7 Å². The van der Waals surface area contributed by atoms with E-state index in [4.69, 9.17) is 10.5 Å². The molecular formula is C17H18BrN5O2. The van der Waals surface area contributed by atoms with Gasteiger partial charge in [-0.1, -0.05) is 37.6 Å². The van der Waals surface area contributed by atoms with Crippen LogP contribution in [0.5, 0.6) is 6.01 Å². The van der Waals surface area contributed by atoms with E-state index in [9.17, 15) is 4.79 Å². The van der Waals surface area contributed by atoms with E-state index in [2.05, 4.69) is 37.8 Å².